The van der Waals surface area contributed by atoms with Gasteiger partial charge in [-0.3, -0.25) is 9.59 Å². The lowest BCUT2D eigenvalue weighted by Gasteiger charge is -2.21. The van der Waals surface area contributed by atoms with E-state index in [-0.39, 0.29) is 12.2 Å². The minimum atomic E-state index is -0.580. The molecule has 8 nitrogen and oxygen atoms in total. The fourth-order valence-electron chi connectivity index (χ4n) is 3.07. The van der Waals surface area contributed by atoms with Gasteiger partial charge in [0, 0.05) is 9.89 Å². The van der Waals surface area contributed by atoms with Crippen LogP contribution in [0.5, 0.6) is 11.5 Å². The summed E-state index contributed by atoms with van der Waals surface area (Å²) in [5.74, 6) is 0.845. The van der Waals surface area contributed by atoms with E-state index in [4.69, 9.17) is 20.2 Å². The van der Waals surface area contributed by atoms with Gasteiger partial charge in [-0.05, 0) is 65.4 Å². The Morgan fingerprint density at radius 2 is 2.00 bits per heavy atom. The lowest BCUT2D eigenvalue weighted by atomic mass is 9.95. The first-order valence-corrected chi connectivity index (χ1v) is 12.0. The number of rotatable bonds is 7. The molecule has 10 heteroatoms. The molecular weight excluding hydrogens is 603 g/mol. The van der Waals surface area contributed by atoms with Gasteiger partial charge in [-0.2, -0.15) is 9.78 Å². The smallest absolute Gasteiger partial charge is 0.282 e. The van der Waals surface area contributed by atoms with Gasteiger partial charge in [-0.25, -0.2) is 4.98 Å². The van der Waals surface area contributed by atoms with E-state index in [0.29, 0.717) is 44.0 Å². The van der Waals surface area contributed by atoms with Gasteiger partial charge in [0.25, 0.3) is 11.5 Å². The highest BCUT2D eigenvalue weighted by Crippen LogP contribution is 2.34. The zero-order chi connectivity index (χ0) is 24.3. The van der Waals surface area contributed by atoms with Crippen LogP contribution in [0.25, 0.3) is 10.9 Å². The summed E-state index contributed by atoms with van der Waals surface area (Å²) in [6.07, 6.45) is 1.57. The molecule has 0 unspecified atom stereocenters. The van der Waals surface area contributed by atoms with Crippen molar-refractivity contribution in [3.05, 3.63) is 60.1 Å². The third kappa shape index (κ3) is 5.91. The molecule has 0 aliphatic carbocycles. The fourth-order valence-corrected chi connectivity index (χ4v) is 4.22. The van der Waals surface area contributed by atoms with Crippen molar-refractivity contribution in [2.75, 3.05) is 13.2 Å². The maximum atomic E-state index is 13.3. The Bertz CT molecular complexity index is 1300. The number of benzene rings is 2. The second kappa shape index (κ2) is 10.2. The van der Waals surface area contributed by atoms with Crippen LogP contribution in [0, 0.1) is 3.57 Å². The summed E-state index contributed by atoms with van der Waals surface area (Å²) in [5, 5.41) is 4.96. The number of nitrogens with two attached hydrogens (primary N) is 1. The van der Waals surface area contributed by atoms with Gasteiger partial charge in [-0.1, -0.05) is 36.7 Å². The van der Waals surface area contributed by atoms with Crippen LogP contribution in [0.15, 0.2) is 44.7 Å². The van der Waals surface area contributed by atoms with Crippen molar-refractivity contribution >= 4 is 61.5 Å². The second-order valence-corrected chi connectivity index (χ2v) is 10.3. The van der Waals surface area contributed by atoms with Gasteiger partial charge >= 0.3 is 0 Å². The van der Waals surface area contributed by atoms with E-state index in [1.807, 2.05) is 45.9 Å². The normalized spacial score (nSPS) is 11.8. The number of ether oxygens (including phenoxy) is 2. The number of amides is 1. The molecule has 0 aliphatic rings. The van der Waals surface area contributed by atoms with Crippen molar-refractivity contribution in [2.24, 2.45) is 10.8 Å². The van der Waals surface area contributed by atoms with Crippen LogP contribution in [0.1, 0.15) is 39.1 Å². The maximum absolute atomic E-state index is 13.3. The molecule has 1 heterocycles. The average Bonchev–Trinajstić information content (AvgIpc) is 2.72. The van der Waals surface area contributed by atoms with Crippen LogP contribution >= 0.6 is 38.5 Å². The topological polar surface area (TPSA) is 109 Å². The molecule has 0 atom stereocenters. The molecule has 0 saturated heterocycles. The maximum Gasteiger partial charge on any atom is 0.282 e. The molecule has 3 aromatic rings. The standard InChI is InChI=1S/C23H24BrIN4O4/c1-5-32-18-9-13(8-16(25)20(18)33-12-19(26)30)11-27-29-21(31)15-10-14(24)6-7-17(15)28-22(29)23(2,3)4/h6-11H,5,12H2,1-4H3,(H2,26,30). The number of primary amides is 1. The molecule has 1 aromatic heterocycles. The predicted molar refractivity (Wildman–Crippen MR) is 140 cm³/mol. The SMILES string of the molecule is CCOc1cc(C=Nn2c(C(C)(C)C)nc3ccc(Br)cc3c2=O)cc(I)c1OCC(N)=O. The molecule has 3 rings (SSSR count). The monoisotopic (exact) mass is 626 g/mol. The van der Waals surface area contributed by atoms with Gasteiger partial charge in [0.15, 0.2) is 18.1 Å². The number of halogens is 2. The molecule has 0 saturated carbocycles. The molecule has 0 aliphatic heterocycles. The highest BCUT2D eigenvalue weighted by Gasteiger charge is 2.23. The lowest BCUT2D eigenvalue weighted by molar-refractivity contribution is -0.119. The highest BCUT2D eigenvalue weighted by molar-refractivity contribution is 14.1. The van der Waals surface area contributed by atoms with Crippen LogP contribution in [-0.4, -0.2) is 35.0 Å². The minimum Gasteiger partial charge on any atom is -0.490 e. The average molecular weight is 627 g/mol. The van der Waals surface area contributed by atoms with Gasteiger partial charge in [0.05, 0.1) is 27.3 Å². The molecule has 174 valence electrons. The summed E-state index contributed by atoms with van der Waals surface area (Å²) in [5.41, 5.74) is 5.82. The Morgan fingerprint density at radius 3 is 2.64 bits per heavy atom. The first kappa shape index (κ1) is 25.2. The molecule has 2 aromatic carbocycles. The van der Waals surface area contributed by atoms with E-state index < -0.39 is 11.3 Å². The van der Waals surface area contributed by atoms with Gasteiger partial charge in [0.1, 0.15) is 5.82 Å². The molecule has 0 radical (unpaired) electrons. The molecule has 2 N–H and O–H groups in total. The molecule has 0 fully saturated rings. The Balaban J connectivity index is 2.12. The van der Waals surface area contributed by atoms with E-state index in [0.717, 1.165) is 4.47 Å². The Labute approximate surface area is 213 Å². The second-order valence-electron chi connectivity index (χ2n) is 8.23. The van der Waals surface area contributed by atoms with Crippen molar-refractivity contribution in [1.29, 1.82) is 0 Å². The Morgan fingerprint density at radius 1 is 1.27 bits per heavy atom. The number of hydrogen-bond donors (Lipinski definition) is 1. The van der Waals surface area contributed by atoms with Crippen molar-refractivity contribution in [1.82, 2.24) is 9.66 Å². The highest BCUT2D eigenvalue weighted by atomic mass is 127. The fraction of sp³-hybridized carbons (Fsp3) is 0.304. The number of aromatic nitrogens is 2. The molecule has 0 spiro atoms. The third-order valence-corrected chi connectivity index (χ3v) is 5.79. The largest absolute Gasteiger partial charge is 0.490 e. The summed E-state index contributed by atoms with van der Waals surface area (Å²) >= 11 is 5.50. The van der Waals surface area contributed by atoms with Crippen molar-refractivity contribution in [3.8, 4) is 11.5 Å². The summed E-state index contributed by atoms with van der Waals surface area (Å²) in [4.78, 5) is 29.2. The molecule has 33 heavy (non-hydrogen) atoms. The number of carbonyl (C=O) groups is 1. The molecule has 0 bridgehead atoms. The summed E-state index contributed by atoms with van der Waals surface area (Å²) in [6, 6.07) is 8.96. The van der Waals surface area contributed by atoms with Crippen molar-refractivity contribution in [2.45, 2.75) is 33.1 Å². The summed E-state index contributed by atoms with van der Waals surface area (Å²) in [7, 11) is 0. The first-order chi connectivity index (χ1) is 15.5. The van der Waals surface area contributed by atoms with E-state index in [2.05, 4.69) is 43.6 Å². The van der Waals surface area contributed by atoms with Crippen molar-refractivity contribution < 1.29 is 14.3 Å². The van der Waals surface area contributed by atoms with Crippen LogP contribution < -0.4 is 20.8 Å². The van der Waals surface area contributed by atoms with E-state index in [1.54, 1.807) is 18.3 Å². The number of carbonyl (C=O) groups excluding carboxylic acids is 1. The Hall–Kier alpha value is -2.47. The van der Waals surface area contributed by atoms with Gasteiger partial charge in [0.2, 0.25) is 0 Å². The zero-order valence-corrected chi connectivity index (χ0v) is 22.4. The molecular formula is C23H24BrIN4O4. The lowest BCUT2D eigenvalue weighted by Crippen LogP contribution is -2.29. The van der Waals surface area contributed by atoms with E-state index in [9.17, 15) is 9.59 Å². The van der Waals surface area contributed by atoms with E-state index >= 15 is 0 Å². The van der Waals surface area contributed by atoms with Crippen LogP contribution in [0.4, 0.5) is 0 Å². The van der Waals surface area contributed by atoms with E-state index in [1.165, 1.54) is 4.68 Å². The summed E-state index contributed by atoms with van der Waals surface area (Å²) in [6.45, 7) is 7.93. The quantitative estimate of drug-likeness (QED) is 0.312. The van der Waals surface area contributed by atoms with Crippen LogP contribution in [-0.2, 0) is 10.2 Å². The first-order valence-electron chi connectivity index (χ1n) is 10.2. The predicted octanol–water partition coefficient (Wildman–Crippen LogP) is 4.21. The number of hydrogen-bond acceptors (Lipinski definition) is 6. The van der Waals surface area contributed by atoms with Crippen LogP contribution in [0.2, 0.25) is 0 Å². The minimum absolute atomic E-state index is 0.258. The Kier molecular flexibility index (Phi) is 7.78. The van der Waals surface area contributed by atoms with Gasteiger partial charge in [-0.15, -0.1) is 0 Å². The van der Waals surface area contributed by atoms with Crippen LogP contribution in [0.3, 0.4) is 0 Å². The summed E-state index contributed by atoms with van der Waals surface area (Å²) < 4.78 is 14.0. The number of nitrogens with zero attached hydrogens (tertiary/aromatic N) is 3. The third-order valence-electron chi connectivity index (χ3n) is 4.49. The van der Waals surface area contributed by atoms with Crippen molar-refractivity contribution in [3.63, 3.8) is 0 Å². The van der Waals surface area contributed by atoms with Gasteiger partial charge < -0.3 is 15.2 Å². The molecule has 1 amide bonds. The zero-order valence-electron chi connectivity index (χ0n) is 18.7. The number of fused-ring (bicyclic) bond motifs is 1.